The Kier molecular flexibility index (Phi) is 9.48. The summed E-state index contributed by atoms with van der Waals surface area (Å²) in [7, 11) is 0. The second-order valence-corrected chi connectivity index (χ2v) is 12.1. The topological polar surface area (TPSA) is 83.6 Å². The minimum Gasteiger partial charge on any atom is -0.457 e. The van der Waals surface area contributed by atoms with Gasteiger partial charge in [-0.25, -0.2) is 0 Å². The van der Waals surface area contributed by atoms with E-state index in [0.717, 1.165) is 43.7 Å². The Morgan fingerprint density at radius 3 is 2.53 bits per heavy atom. The number of fused-ring (bicyclic) bond motifs is 2. The first-order valence-electron chi connectivity index (χ1n) is 15.9. The van der Waals surface area contributed by atoms with Gasteiger partial charge in [-0.05, 0) is 74.9 Å². The Balaban J connectivity index is 1.12. The van der Waals surface area contributed by atoms with Crippen molar-refractivity contribution in [2.24, 2.45) is 0 Å². The van der Waals surface area contributed by atoms with Crippen LogP contribution in [0.3, 0.4) is 0 Å². The molecular formula is C36H42N4O3. The van der Waals surface area contributed by atoms with E-state index < -0.39 is 5.92 Å². The second kappa shape index (κ2) is 14.0. The number of amides is 2. The van der Waals surface area contributed by atoms with Crippen LogP contribution < -0.4 is 15.4 Å². The third-order valence-corrected chi connectivity index (χ3v) is 8.95. The van der Waals surface area contributed by atoms with Gasteiger partial charge in [0.2, 0.25) is 5.91 Å². The second-order valence-electron chi connectivity index (χ2n) is 12.1. The summed E-state index contributed by atoms with van der Waals surface area (Å²) < 4.78 is 6.19. The van der Waals surface area contributed by atoms with Gasteiger partial charge in [-0.2, -0.15) is 0 Å². The minimum absolute atomic E-state index is 0.0412. The van der Waals surface area contributed by atoms with Crippen LogP contribution in [0.4, 0.5) is 0 Å². The van der Waals surface area contributed by atoms with Crippen LogP contribution >= 0.6 is 0 Å². The van der Waals surface area contributed by atoms with Gasteiger partial charge in [-0.1, -0.05) is 55.2 Å². The van der Waals surface area contributed by atoms with Crippen molar-refractivity contribution in [3.05, 3.63) is 101 Å². The van der Waals surface area contributed by atoms with E-state index in [9.17, 15) is 9.59 Å². The normalized spacial score (nSPS) is 20.6. The summed E-state index contributed by atoms with van der Waals surface area (Å²) in [6.07, 6.45) is 15.2. The van der Waals surface area contributed by atoms with Crippen LogP contribution in [0.5, 0.6) is 11.5 Å². The fraction of sp³-hybridized carbons (Fsp3) is 0.417. The molecule has 2 N–H and O–H groups in total. The SMILES string of the molecule is O=C(NCc1ccccn1)c1ccc2c(c1)C(C(=O)NC1CCN(C/C3=C/CCCCCCC3)CC1)c1ccccc1O2. The minimum atomic E-state index is -0.550. The van der Waals surface area contributed by atoms with Crippen LogP contribution in [0.25, 0.3) is 0 Å². The molecule has 3 aromatic rings. The van der Waals surface area contributed by atoms with E-state index in [0.29, 0.717) is 29.2 Å². The van der Waals surface area contributed by atoms with Crippen molar-refractivity contribution in [2.75, 3.05) is 19.6 Å². The van der Waals surface area contributed by atoms with Crippen LogP contribution in [-0.2, 0) is 11.3 Å². The predicted molar refractivity (Wildman–Crippen MR) is 168 cm³/mol. The van der Waals surface area contributed by atoms with Crippen molar-refractivity contribution in [1.29, 1.82) is 0 Å². The molecule has 2 amide bonds. The van der Waals surface area contributed by atoms with Crippen LogP contribution in [0.2, 0.25) is 0 Å². The molecule has 1 aliphatic carbocycles. The summed E-state index contributed by atoms with van der Waals surface area (Å²) in [4.78, 5) is 33.9. The lowest BCUT2D eigenvalue weighted by Crippen LogP contribution is -2.46. The van der Waals surface area contributed by atoms with Crippen LogP contribution in [0.15, 0.2) is 78.5 Å². The van der Waals surface area contributed by atoms with E-state index in [1.807, 2.05) is 42.5 Å². The van der Waals surface area contributed by atoms with E-state index >= 15 is 0 Å². The van der Waals surface area contributed by atoms with Crippen molar-refractivity contribution >= 4 is 11.8 Å². The average Bonchev–Trinajstić information content (AvgIpc) is 3.17. The molecule has 3 aliphatic rings. The number of ether oxygens (including phenoxy) is 1. The lowest BCUT2D eigenvalue weighted by atomic mass is 9.85. The quantitative estimate of drug-likeness (QED) is 0.313. The maximum atomic E-state index is 14.0. The van der Waals surface area contributed by atoms with Gasteiger partial charge in [0, 0.05) is 48.6 Å². The zero-order chi connectivity index (χ0) is 29.4. The maximum Gasteiger partial charge on any atom is 0.251 e. The van der Waals surface area contributed by atoms with Gasteiger partial charge in [0.15, 0.2) is 0 Å². The van der Waals surface area contributed by atoms with Crippen molar-refractivity contribution in [1.82, 2.24) is 20.5 Å². The highest BCUT2D eigenvalue weighted by molar-refractivity contribution is 5.96. The molecule has 1 unspecified atom stereocenters. The Bertz CT molecular complexity index is 1450. The summed E-state index contributed by atoms with van der Waals surface area (Å²) in [6, 6.07) is 18.8. The van der Waals surface area contributed by atoms with Gasteiger partial charge in [-0.15, -0.1) is 0 Å². The number of likely N-dealkylation sites (tertiary alicyclic amines) is 1. The van der Waals surface area contributed by atoms with E-state index in [1.165, 1.54) is 44.9 Å². The Labute approximate surface area is 254 Å². The zero-order valence-corrected chi connectivity index (χ0v) is 24.9. The molecule has 0 spiro atoms. The standard InChI is InChI=1S/C36H42N4O3/c41-35(38-24-29-13-9-10-20-37-29)27-16-17-33-31(23-27)34(30-14-7-8-15-32(30)43-33)36(42)39-28-18-21-40(22-19-28)25-26-11-5-3-1-2-4-6-12-26/h7-11,13-17,20,23,28,34H,1-6,12,18-19,21-22,24-25H2,(H,38,41)(H,39,42)/b26-11+. The number of carbonyl (C=O) groups excluding carboxylic acids is 2. The van der Waals surface area contributed by atoms with Gasteiger partial charge < -0.3 is 15.4 Å². The summed E-state index contributed by atoms with van der Waals surface area (Å²) in [5.41, 5.74) is 4.41. The molecular weight excluding hydrogens is 536 g/mol. The van der Waals surface area contributed by atoms with Gasteiger partial charge in [0.1, 0.15) is 11.5 Å². The monoisotopic (exact) mass is 578 g/mol. The molecule has 1 atom stereocenters. The number of nitrogens with one attached hydrogen (secondary N) is 2. The first-order valence-corrected chi connectivity index (χ1v) is 15.9. The molecule has 2 aromatic carbocycles. The van der Waals surface area contributed by atoms with Gasteiger partial charge in [0.05, 0.1) is 18.2 Å². The number of hydrogen-bond donors (Lipinski definition) is 2. The van der Waals surface area contributed by atoms with Crippen molar-refractivity contribution in [2.45, 2.75) is 76.3 Å². The van der Waals surface area contributed by atoms with E-state index in [1.54, 1.807) is 30.0 Å². The summed E-state index contributed by atoms with van der Waals surface area (Å²) >= 11 is 0. The molecule has 0 bridgehead atoms. The zero-order valence-electron chi connectivity index (χ0n) is 24.9. The van der Waals surface area contributed by atoms with Gasteiger partial charge in [0.25, 0.3) is 5.91 Å². The average molecular weight is 579 g/mol. The fourth-order valence-corrected chi connectivity index (χ4v) is 6.55. The molecule has 0 saturated carbocycles. The van der Waals surface area contributed by atoms with E-state index in [4.69, 9.17) is 4.74 Å². The molecule has 43 heavy (non-hydrogen) atoms. The largest absolute Gasteiger partial charge is 0.457 e. The van der Waals surface area contributed by atoms with Gasteiger partial charge in [-0.3, -0.25) is 19.5 Å². The van der Waals surface area contributed by atoms with Crippen molar-refractivity contribution in [3.63, 3.8) is 0 Å². The third-order valence-electron chi connectivity index (χ3n) is 8.95. The lowest BCUT2D eigenvalue weighted by Gasteiger charge is -2.34. The number of allylic oxidation sites excluding steroid dienone is 1. The first kappa shape index (κ1) is 29.1. The Morgan fingerprint density at radius 2 is 1.67 bits per heavy atom. The highest BCUT2D eigenvalue weighted by Crippen LogP contribution is 2.44. The fourth-order valence-electron chi connectivity index (χ4n) is 6.55. The molecule has 7 nitrogen and oxygen atoms in total. The lowest BCUT2D eigenvalue weighted by molar-refractivity contribution is -0.122. The molecule has 0 radical (unpaired) electrons. The summed E-state index contributed by atoms with van der Waals surface area (Å²) in [6.45, 7) is 3.37. The Morgan fingerprint density at radius 1 is 0.884 bits per heavy atom. The number of benzene rings is 2. The number of rotatable bonds is 7. The molecule has 1 saturated heterocycles. The van der Waals surface area contributed by atoms with E-state index in [-0.39, 0.29) is 17.9 Å². The highest BCUT2D eigenvalue weighted by Gasteiger charge is 2.35. The number of para-hydroxylation sites is 1. The molecule has 6 rings (SSSR count). The third kappa shape index (κ3) is 7.34. The Hall–Kier alpha value is -3.97. The number of pyridine rings is 1. The smallest absolute Gasteiger partial charge is 0.251 e. The van der Waals surface area contributed by atoms with Crippen LogP contribution in [0, 0.1) is 0 Å². The summed E-state index contributed by atoms with van der Waals surface area (Å²) in [5.74, 6) is 0.485. The number of hydrogen-bond acceptors (Lipinski definition) is 5. The molecule has 3 heterocycles. The van der Waals surface area contributed by atoms with Crippen LogP contribution in [-0.4, -0.2) is 47.4 Å². The van der Waals surface area contributed by atoms with Crippen LogP contribution in [0.1, 0.15) is 90.9 Å². The maximum absolute atomic E-state index is 14.0. The predicted octanol–water partition coefficient (Wildman–Crippen LogP) is 6.50. The van der Waals surface area contributed by atoms with Crippen molar-refractivity contribution in [3.8, 4) is 11.5 Å². The van der Waals surface area contributed by atoms with Crippen molar-refractivity contribution < 1.29 is 14.3 Å². The number of nitrogens with zero attached hydrogens (tertiary/aromatic N) is 2. The number of piperidine rings is 1. The number of carbonyl (C=O) groups is 2. The van der Waals surface area contributed by atoms with E-state index in [2.05, 4.69) is 26.6 Å². The molecule has 2 aliphatic heterocycles. The molecule has 1 fully saturated rings. The molecule has 7 heteroatoms. The number of aromatic nitrogens is 1. The van der Waals surface area contributed by atoms with Gasteiger partial charge >= 0.3 is 0 Å². The molecule has 224 valence electrons. The highest BCUT2D eigenvalue weighted by atomic mass is 16.5. The summed E-state index contributed by atoms with van der Waals surface area (Å²) in [5, 5.41) is 6.31. The molecule has 1 aromatic heterocycles. The first-order chi connectivity index (χ1) is 21.1.